The lowest BCUT2D eigenvalue weighted by molar-refractivity contribution is 0.0696. The minimum Gasteiger partial charge on any atom is -0.478 e. The third-order valence-corrected chi connectivity index (χ3v) is 5.00. The maximum Gasteiger partial charge on any atom is 0.335 e. The molecule has 0 aromatic heterocycles. The monoisotopic (exact) mass is 501 g/mol. The van der Waals surface area contributed by atoms with Crippen LogP contribution in [-0.2, 0) is 0 Å². The van der Waals surface area contributed by atoms with Gasteiger partial charge in [0, 0.05) is 35.2 Å². The highest BCUT2D eigenvalue weighted by Gasteiger charge is 2.08. The fourth-order valence-corrected chi connectivity index (χ4v) is 2.31. The molecular formula is C20H25Br2NO4. The molecule has 0 radical (unpaired) electrons. The van der Waals surface area contributed by atoms with Crippen LogP contribution in [0.1, 0.15) is 38.8 Å². The van der Waals surface area contributed by atoms with E-state index < -0.39 is 5.97 Å². The summed E-state index contributed by atoms with van der Waals surface area (Å²) in [6, 6.07) is 10.5. The average Bonchev–Trinajstić information content (AvgIpc) is 2.60. The number of halogens is 2. The number of carbonyl (C=O) groups excluding carboxylic acids is 1. The summed E-state index contributed by atoms with van der Waals surface area (Å²) < 4.78 is 1.96. The molecule has 5 nitrogen and oxygen atoms in total. The SMILES string of the molecule is CCO.Cc1cc(C(=O)N(C)C)ccc1Br.Cc1cc(C(=O)O)ccc1Br. The van der Waals surface area contributed by atoms with Crippen LogP contribution in [0.2, 0.25) is 0 Å². The summed E-state index contributed by atoms with van der Waals surface area (Å²) in [7, 11) is 3.50. The molecule has 0 unspecified atom stereocenters. The molecule has 0 saturated heterocycles. The van der Waals surface area contributed by atoms with Crippen molar-refractivity contribution in [2.24, 2.45) is 0 Å². The van der Waals surface area contributed by atoms with E-state index in [-0.39, 0.29) is 12.5 Å². The Morgan fingerprint density at radius 3 is 1.63 bits per heavy atom. The van der Waals surface area contributed by atoms with Gasteiger partial charge in [-0.05, 0) is 68.3 Å². The second kappa shape index (κ2) is 12.6. The molecule has 1 amide bonds. The second-order valence-corrected chi connectivity index (χ2v) is 7.46. The van der Waals surface area contributed by atoms with Crippen LogP contribution in [0.4, 0.5) is 0 Å². The maximum absolute atomic E-state index is 11.5. The number of aliphatic hydroxyl groups excluding tert-OH is 1. The van der Waals surface area contributed by atoms with Gasteiger partial charge in [0.25, 0.3) is 5.91 Å². The first-order chi connectivity index (χ1) is 12.5. The number of hydrogen-bond acceptors (Lipinski definition) is 3. The molecule has 0 aliphatic heterocycles. The Balaban J connectivity index is 0.000000442. The van der Waals surface area contributed by atoms with Crippen LogP contribution in [0.15, 0.2) is 45.3 Å². The topological polar surface area (TPSA) is 77.8 Å². The molecule has 2 N–H and O–H groups in total. The number of carboxylic acids is 1. The number of hydrogen-bond donors (Lipinski definition) is 2. The summed E-state index contributed by atoms with van der Waals surface area (Å²) in [5, 5.41) is 16.2. The van der Waals surface area contributed by atoms with Crippen LogP contribution < -0.4 is 0 Å². The van der Waals surface area contributed by atoms with Crippen molar-refractivity contribution in [3.63, 3.8) is 0 Å². The highest BCUT2D eigenvalue weighted by molar-refractivity contribution is 9.10. The van der Waals surface area contributed by atoms with Crippen molar-refractivity contribution in [1.29, 1.82) is 0 Å². The Morgan fingerprint density at radius 2 is 1.30 bits per heavy atom. The fraction of sp³-hybridized carbons (Fsp3) is 0.300. The van der Waals surface area contributed by atoms with Crippen molar-refractivity contribution in [3.05, 3.63) is 67.6 Å². The van der Waals surface area contributed by atoms with E-state index >= 15 is 0 Å². The number of aliphatic hydroxyl groups is 1. The highest BCUT2D eigenvalue weighted by Crippen LogP contribution is 2.18. The van der Waals surface area contributed by atoms with Gasteiger partial charge in [0.1, 0.15) is 0 Å². The molecular weight excluding hydrogens is 478 g/mol. The number of nitrogens with zero attached hydrogens (tertiary/aromatic N) is 1. The third kappa shape index (κ3) is 9.17. The Hall–Kier alpha value is -1.70. The summed E-state index contributed by atoms with van der Waals surface area (Å²) in [4.78, 5) is 23.5. The standard InChI is InChI=1S/C10H12BrNO.C8H7BrO2.C2H6O/c1-7-6-8(4-5-9(7)11)10(13)12(2)3;1-5-4-6(8(10)11)2-3-7(5)9;1-2-3/h4-6H,1-3H3;2-4H,1H3,(H,10,11);3H,2H2,1H3. The quantitative estimate of drug-likeness (QED) is 0.611. The predicted molar refractivity (Wildman–Crippen MR) is 115 cm³/mol. The van der Waals surface area contributed by atoms with E-state index in [1.807, 2.05) is 32.0 Å². The number of rotatable bonds is 2. The van der Waals surface area contributed by atoms with E-state index in [1.54, 1.807) is 44.1 Å². The van der Waals surface area contributed by atoms with Crippen molar-refractivity contribution in [1.82, 2.24) is 4.90 Å². The number of aromatic carboxylic acids is 1. The molecule has 0 fully saturated rings. The smallest absolute Gasteiger partial charge is 0.335 e. The molecule has 0 bridgehead atoms. The zero-order chi connectivity index (χ0) is 21.1. The van der Waals surface area contributed by atoms with Gasteiger partial charge in [-0.3, -0.25) is 4.79 Å². The van der Waals surface area contributed by atoms with Crippen molar-refractivity contribution >= 4 is 43.7 Å². The predicted octanol–water partition coefficient (Wildman–Crippen LogP) is 4.91. The van der Waals surface area contributed by atoms with Gasteiger partial charge in [0.2, 0.25) is 0 Å². The fourth-order valence-electron chi connectivity index (χ4n) is 1.81. The average molecular weight is 503 g/mol. The Labute approximate surface area is 177 Å². The first kappa shape index (κ1) is 25.3. The van der Waals surface area contributed by atoms with Gasteiger partial charge < -0.3 is 15.1 Å². The minimum atomic E-state index is -0.888. The van der Waals surface area contributed by atoms with Gasteiger partial charge in [-0.2, -0.15) is 0 Å². The summed E-state index contributed by atoms with van der Waals surface area (Å²) in [6.45, 7) is 5.76. The lowest BCUT2D eigenvalue weighted by atomic mass is 10.1. The van der Waals surface area contributed by atoms with Gasteiger partial charge in [-0.25, -0.2) is 4.79 Å². The molecule has 148 valence electrons. The zero-order valence-corrected chi connectivity index (χ0v) is 19.3. The van der Waals surface area contributed by atoms with Gasteiger partial charge >= 0.3 is 5.97 Å². The molecule has 0 atom stereocenters. The second-order valence-electron chi connectivity index (χ2n) is 5.75. The van der Waals surface area contributed by atoms with Crippen LogP contribution in [0.3, 0.4) is 0 Å². The zero-order valence-electron chi connectivity index (χ0n) is 16.1. The van der Waals surface area contributed by atoms with Crippen LogP contribution in [0.25, 0.3) is 0 Å². The maximum atomic E-state index is 11.5. The van der Waals surface area contributed by atoms with E-state index in [1.165, 1.54) is 0 Å². The van der Waals surface area contributed by atoms with Crippen LogP contribution >= 0.6 is 31.9 Å². The first-order valence-electron chi connectivity index (χ1n) is 8.13. The summed E-state index contributed by atoms with van der Waals surface area (Å²) >= 11 is 6.68. The Bertz CT molecular complexity index is 777. The lowest BCUT2D eigenvalue weighted by Crippen LogP contribution is -2.21. The van der Waals surface area contributed by atoms with Gasteiger partial charge in [0.15, 0.2) is 0 Å². The molecule has 7 heteroatoms. The number of amides is 1. The Kier molecular flexibility index (Phi) is 11.8. The number of aryl methyl sites for hydroxylation is 2. The van der Waals surface area contributed by atoms with Crippen LogP contribution in [-0.4, -0.2) is 47.7 Å². The van der Waals surface area contributed by atoms with Crippen molar-refractivity contribution in [2.45, 2.75) is 20.8 Å². The molecule has 27 heavy (non-hydrogen) atoms. The molecule has 0 heterocycles. The van der Waals surface area contributed by atoms with E-state index in [0.717, 1.165) is 25.6 Å². The molecule has 0 spiro atoms. The molecule has 0 saturated carbocycles. The van der Waals surface area contributed by atoms with Gasteiger partial charge in [-0.15, -0.1) is 0 Å². The molecule has 2 aromatic carbocycles. The Morgan fingerprint density at radius 1 is 0.926 bits per heavy atom. The largest absolute Gasteiger partial charge is 0.478 e. The molecule has 0 aliphatic carbocycles. The number of benzene rings is 2. The summed E-state index contributed by atoms with van der Waals surface area (Å²) in [5.41, 5.74) is 3.06. The van der Waals surface area contributed by atoms with E-state index in [9.17, 15) is 9.59 Å². The first-order valence-corrected chi connectivity index (χ1v) is 9.71. The van der Waals surface area contributed by atoms with Crippen molar-refractivity contribution in [2.75, 3.05) is 20.7 Å². The normalized spacial score (nSPS) is 9.33. The molecule has 2 aromatic rings. The lowest BCUT2D eigenvalue weighted by Gasteiger charge is -2.10. The van der Waals surface area contributed by atoms with Gasteiger partial charge in [0.05, 0.1) is 5.56 Å². The third-order valence-electron chi connectivity index (χ3n) is 3.22. The number of carboxylic acid groups (broad SMARTS) is 1. The van der Waals surface area contributed by atoms with Crippen LogP contribution in [0.5, 0.6) is 0 Å². The molecule has 0 aliphatic rings. The van der Waals surface area contributed by atoms with Crippen molar-refractivity contribution in [3.8, 4) is 0 Å². The van der Waals surface area contributed by atoms with E-state index in [0.29, 0.717) is 5.56 Å². The number of carbonyl (C=O) groups is 2. The summed E-state index contributed by atoms with van der Waals surface area (Å²) in [6.07, 6.45) is 0. The van der Waals surface area contributed by atoms with Gasteiger partial charge in [-0.1, -0.05) is 31.9 Å². The van der Waals surface area contributed by atoms with Crippen molar-refractivity contribution < 1.29 is 19.8 Å². The highest BCUT2D eigenvalue weighted by atomic mass is 79.9. The molecule has 2 rings (SSSR count). The summed E-state index contributed by atoms with van der Waals surface area (Å²) in [5.74, 6) is -0.851. The van der Waals surface area contributed by atoms with Crippen LogP contribution in [0, 0.1) is 13.8 Å². The van der Waals surface area contributed by atoms with E-state index in [2.05, 4.69) is 31.9 Å². The minimum absolute atomic E-state index is 0.0376. The van der Waals surface area contributed by atoms with E-state index in [4.69, 9.17) is 10.2 Å².